The number of furan rings is 1. The third-order valence-corrected chi connectivity index (χ3v) is 5.81. The topological polar surface area (TPSA) is 77.8 Å². The van der Waals surface area contributed by atoms with Crippen LogP contribution in [0.25, 0.3) is 11.3 Å². The average Bonchev–Trinajstić information content (AvgIpc) is 3.35. The van der Waals surface area contributed by atoms with Crippen molar-refractivity contribution in [2.75, 3.05) is 37.6 Å². The number of hydrogen-bond acceptors (Lipinski definition) is 5. The Morgan fingerprint density at radius 3 is 2.09 bits per heavy atom. The molecule has 2 aromatic carbocycles. The molecule has 0 spiro atoms. The molecule has 0 radical (unpaired) electrons. The number of carbonyl (C=O) groups is 2. The van der Waals surface area contributed by atoms with Gasteiger partial charge >= 0.3 is 0 Å². The van der Waals surface area contributed by atoms with E-state index in [-0.39, 0.29) is 18.2 Å². The first-order valence-corrected chi connectivity index (χ1v) is 11.4. The van der Waals surface area contributed by atoms with Gasteiger partial charge in [-0.05, 0) is 24.3 Å². The van der Waals surface area contributed by atoms with Crippen LogP contribution in [-0.2, 0) is 16.0 Å². The summed E-state index contributed by atoms with van der Waals surface area (Å²) < 4.78 is 5.81. The van der Waals surface area contributed by atoms with Crippen LogP contribution in [0.4, 0.5) is 5.69 Å². The summed E-state index contributed by atoms with van der Waals surface area (Å²) >= 11 is 0. The highest BCUT2D eigenvalue weighted by atomic mass is 16.3. The van der Waals surface area contributed by atoms with Gasteiger partial charge in [-0.15, -0.1) is 0 Å². The number of rotatable bonds is 8. The van der Waals surface area contributed by atoms with Gasteiger partial charge in [-0.2, -0.15) is 0 Å². The highest BCUT2D eigenvalue weighted by Gasteiger charge is 2.17. The van der Waals surface area contributed by atoms with Gasteiger partial charge in [0.1, 0.15) is 11.5 Å². The molecule has 172 valence electrons. The summed E-state index contributed by atoms with van der Waals surface area (Å²) in [6.45, 7) is 4.41. The maximum atomic E-state index is 12.1. The molecule has 1 aromatic heterocycles. The Morgan fingerprint density at radius 1 is 0.758 bits per heavy atom. The molecular weight excluding hydrogens is 416 g/mol. The Hall–Kier alpha value is -3.58. The fraction of sp³-hybridized carbons (Fsp3) is 0.308. The fourth-order valence-corrected chi connectivity index (χ4v) is 3.90. The number of aryl methyl sites for hydroxylation is 1. The van der Waals surface area contributed by atoms with Crippen LogP contribution in [0.2, 0.25) is 0 Å². The maximum Gasteiger partial charge on any atom is 0.239 e. The molecule has 4 rings (SSSR count). The van der Waals surface area contributed by atoms with E-state index in [1.54, 1.807) is 0 Å². The van der Waals surface area contributed by atoms with Gasteiger partial charge in [0.05, 0.1) is 0 Å². The van der Waals surface area contributed by atoms with Crippen molar-refractivity contribution in [2.45, 2.75) is 19.3 Å². The quantitative estimate of drug-likeness (QED) is 0.520. The first kappa shape index (κ1) is 22.6. The Balaban J connectivity index is 1.10. The number of anilines is 1. The van der Waals surface area contributed by atoms with E-state index in [0.717, 1.165) is 43.3 Å². The predicted molar refractivity (Wildman–Crippen MR) is 128 cm³/mol. The lowest BCUT2D eigenvalue weighted by atomic mass is 10.2. The number of para-hydroxylation sites is 1. The number of hydrazine groups is 1. The average molecular weight is 447 g/mol. The Morgan fingerprint density at radius 2 is 1.39 bits per heavy atom. The molecule has 0 atom stereocenters. The van der Waals surface area contributed by atoms with Crippen molar-refractivity contribution in [2.24, 2.45) is 0 Å². The van der Waals surface area contributed by atoms with Gasteiger partial charge in [0.25, 0.3) is 0 Å². The van der Waals surface area contributed by atoms with Crippen LogP contribution in [0.3, 0.4) is 0 Å². The van der Waals surface area contributed by atoms with Crippen molar-refractivity contribution in [1.82, 2.24) is 15.8 Å². The summed E-state index contributed by atoms with van der Waals surface area (Å²) in [5.41, 5.74) is 7.26. The minimum atomic E-state index is -0.238. The SMILES string of the molecule is O=C(CCc1ccc(-c2ccccc2)o1)NNC(=O)CCN1CCN(c2ccccc2)CC1. The Labute approximate surface area is 194 Å². The third-order valence-electron chi connectivity index (χ3n) is 5.81. The monoisotopic (exact) mass is 446 g/mol. The first-order chi connectivity index (χ1) is 16.2. The van der Waals surface area contributed by atoms with Gasteiger partial charge in [0.2, 0.25) is 11.8 Å². The van der Waals surface area contributed by atoms with E-state index in [9.17, 15) is 9.59 Å². The number of nitrogens with one attached hydrogen (secondary N) is 2. The maximum absolute atomic E-state index is 12.1. The molecule has 0 aliphatic carbocycles. The largest absolute Gasteiger partial charge is 0.461 e. The van der Waals surface area contributed by atoms with Gasteiger partial charge in [0, 0.05) is 63.2 Å². The molecule has 1 aliphatic heterocycles. The smallest absolute Gasteiger partial charge is 0.239 e. The summed E-state index contributed by atoms with van der Waals surface area (Å²) in [5.74, 6) is 1.10. The number of benzene rings is 2. The Kier molecular flexibility index (Phi) is 7.76. The van der Waals surface area contributed by atoms with Crippen LogP contribution in [0, 0.1) is 0 Å². The van der Waals surface area contributed by atoms with Crippen molar-refractivity contribution < 1.29 is 14.0 Å². The second kappa shape index (κ2) is 11.3. The zero-order chi connectivity index (χ0) is 22.9. The van der Waals surface area contributed by atoms with Gasteiger partial charge in [-0.25, -0.2) is 0 Å². The minimum absolute atomic E-state index is 0.182. The molecule has 7 heteroatoms. The number of piperazine rings is 1. The van der Waals surface area contributed by atoms with Crippen LogP contribution in [0.5, 0.6) is 0 Å². The van der Waals surface area contributed by atoms with E-state index >= 15 is 0 Å². The molecule has 2 heterocycles. The highest BCUT2D eigenvalue weighted by molar-refractivity contribution is 5.82. The lowest BCUT2D eigenvalue weighted by molar-refractivity contribution is -0.129. The van der Waals surface area contributed by atoms with E-state index in [2.05, 4.69) is 44.9 Å². The molecule has 33 heavy (non-hydrogen) atoms. The lowest BCUT2D eigenvalue weighted by Gasteiger charge is -2.36. The van der Waals surface area contributed by atoms with Crippen LogP contribution < -0.4 is 15.8 Å². The predicted octanol–water partition coefficient (Wildman–Crippen LogP) is 3.24. The standard InChI is InChI=1S/C26H30N4O3/c31-25(14-12-23-11-13-24(33-23)21-7-3-1-4-8-21)27-28-26(32)15-16-29-17-19-30(20-18-29)22-9-5-2-6-10-22/h1-11,13H,12,14-20H2,(H,27,31)(H,28,32). The van der Waals surface area contributed by atoms with E-state index < -0.39 is 0 Å². The minimum Gasteiger partial charge on any atom is -0.461 e. The summed E-state index contributed by atoms with van der Waals surface area (Å²) in [6.07, 6.45) is 1.06. The van der Waals surface area contributed by atoms with Gasteiger partial charge in [-0.1, -0.05) is 48.5 Å². The zero-order valence-corrected chi connectivity index (χ0v) is 18.7. The molecule has 1 fully saturated rings. The number of nitrogens with zero attached hydrogens (tertiary/aromatic N) is 2. The zero-order valence-electron chi connectivity index (χ0n) is 18.7. The van der Waals surface area contributed by atoms with Crippen molar-refractivity contribution in [3.8, 4) is 11.3 Å². The van der Waals surface area contributed by atoms with E-state index in [1.807, 2.05) is 48.5 Å². The molecule has 7 nitrogen and oxygen atoms in total. The molecule has 2 N–H and O–H groups in total. The number of hydrogen-bond donors (Lipinski definition) is 2. The summed E-state index contributed by atoms with van der Waals surface area (Å²) in [4.78, 5) is 28.9. The van der Waals surface area contributed by atoms with E-state index in [4.69, 9.17) is 4.42 Å². The van der Waals surface area contributed by atoms with E-state index in [0.29, 0.717) is 19.4 Å². The normalized spacial score (nSPS) is 14.1. The molecule has 0 bridgehead atoms. The first-order valence-electron chi connectivity index (χ1n) is 11.4. The second-order valence-corrected chi connectivity index (χ2v) is 8.14. The second-order valence-electron chi connectivity index (χ2n) is 8.14. The van der Waals surface area contributed by atoms with Crippen molar-refractivity contribution in [3.05, 3.63) is 78.6 Å². The van der Waals surface area contributed by atoms with Crippen molar-refractivity contribution in [1.29, 1.82) is 0 Å². The molecule has 1 aliphatic rings. The van der Waals surface area contributed by atoms with Crippen LogP contribution in [-0.4, -0.2) is 49.4 Å². The summed E-state index contributed by atoms with van der Waals surface area (Å²) in [6, 6.07) is 24.0. The van der Waals surface area contributed by atoms with Gasteiger partial charge in [0.15, 0.2) is 0 Å². The van der Waals surface area contributed by atoms with E-state index in [1.165, 1.54) is 5.69 Å². The fourth-order valence-electron chi connectivity index (χ4n) is 3.90. The summed E-state index contributed by atoms with van der Waals surface area (Å²) in [5, 5.41) is 0. The highest BCUT2D eigenvalue weighted by Crippen LogP contribution is 2.22. The molecule has 3 aromatic rings. The number of carbonyl (C=O) groups excluding carboxylic acids is 2. The molecule has 0 unspecified atom stereocenters. The van der Waals surface area contributed by atoms with Gasteiger partial charge in [-0.3, -0.25) is 25.3 Å². The molecular formula is C26H30N4O3. The molecule has 1 saturated heterocycles. The number of amides is 2. The van der Waals surface area contributed by atoms with Crippen molar-refractivity contribution in [3.63, 3.8) is 0 Å². The summed E-state index contributed by atoms with van der Waals surface area (Å²) in [7, 11) is 0. The van der Waals surface area contributed by atoms with Gasteiger partial charge < -0.3 is 9.32 Å². The van der Waals surface area contributed by atoms with Crippen LogP contribution in [0.1, 0.15) is 18.6 Å². The Bertz CT molecular complexity index is 1030. The van der Waals surface area contributed by atoms with Crippen LogP contribution >= 0.6 is 0 Å². The molecule has 2 amide bonds. The van der Waals surface area contributed by atoms with Crippen LogP contribution in [0.15, 0.2) is 77.2 Å². The van der Waals surface area contributed by atoms with Crippen molar-refractivity contribution >= 4 is 17.5 Å². The lowest BCUT2D eigenvalue weighted by Crippen LogP contribution is -2.48. The molecule has 0 saturated carbocycles. The third kappa shape index (κ3) is 6.70.